The summed E-state index contributed by atoms with van der Waals surface area (Å²) in [6.07, 6.45) is -1.59. The lowest BCUT2D eigenvalue weighted by Crippen LogP contribution is -2.34. The number of pyridine rings is 1. The molecule has 1 aromatic carbocycles. The zero-order valence-corrected chi connectivity index (χ0v) is 14.0. The van der Waals surface area contributed by atoms with E-state index in [4.69, 9.17) is 5.26 Å². The Morgan fingerprint density at radius 3 is 2.46 bits per heavy atom. The molecule has 0 amide bonds. The fraction of sp³-hybridized carbons (Fsp3) is 0.294. The Morgan fingerprint density at radius 2 is 1.92 bits per heavy atom. The molecule has 0 saturated heterocycles. The molecule has 7 heteroatoms. The van der Waals surface area contributed by atoms with Crippen molar-refractivity contribution in [2.24, 2.45) is 0 Å². The van der Waals surface area contributed by atoms with E-state index >= 15 is 0 Å². The van der Waals surface area contributed by atoms with Gasteiger partial charge in [-0.3, -0.25) is 4.98 Å². The fourth-order valence-corrected chi connectivity index (χ4v) is 3.27. The van der Waals surface area contributed by atoms with Crippen LogP contribution in [0.5, 0.6) is 0 Å². The maximum atomic E-state index is 13.7. The normalized spacial score (nSPS) is 12.9. The molecule has 1 heterocycles. The average molecular weight is 351 g/mol. The van der Waals surface area contributed by atoms with Gasteiger partial charge in [-0.15, -0.1) is 0 Å². The Labute approximate surface area is 143 Å². The maximum Gasteiger partial charge on any atom is 0.408 e. The van der Waals surface area contributed by atoms with Crippen molar-refractivity contribution in [2.75, 3.05) is 6.54 Å². The molecule has 0 bridgehead atoms. The fourth-order valence-electron chi connectivity index (χ4n) is 2.23. The van der Waals surface area contributed by atoms with Crippen LogP contribution in [0, 0.1) is 18.3 Å². The lowest BCUT2D eigenvalue weighted by Gasteiger charge is -2.31. The van der Waals surface area contributed by atoms with Crippen molar-refractivity contribution >= 4 is 11.9 Å². The van der Waals surface area contributed by atoms with Crippen molar-refractivity contribution in [3.63, 3.8) is 0 Å². The number of nitrogens with zero attached hydrogens (tertiary/aromatic N) is 3. The number of aryl methyl sites for hydroxylation is 1. The minimum Gasteiger partial charge on any atom is -0.262 e. The van der Waals surface area contributed by atoms with Crippen molar-refractivity contribution in [1.29, 1.82) is 5.26 Å². The minimum atomic E-state index is -4.42. The molecule has 1 unspecified atom stereocenters. The Morgan fingerprint density at radius 1 is 1.25 bits per heavy atom. The number of halogens is 3. The van der Waals surface area contributed by atoms with Gasteiger partial charge in [-0.2, -0.15) is 18.4 Å². The molecular formula is C17H16F3N3S. The highest BCUT2D eigenvalue weighted by Crippen LogP contribution is 2.42. The molecule has 0 N–H and O–H groups in total. The van der Waals surface area contributed by atoms with E-state index in [0.29, 0.717) is 10.5 Å². The number of aromatic nitrogens is 1. The van der Waals surface area contributed by atoms with Crippen molar-refractivity contribution in [2.45, 2.75) is 31.0 Å². The average Bonchev–Trinajstić information content (AvgIpc) is 2.55. The summed E-state index contributed by atoms with van der Waals surface area (Å²) in [5, 5.41) is 8.90. The largest absolute Gasteiger partial charge is 0.408 e. The molecule has 2 aromatic rings. The topological polar surface area (TPSA) is 39.9 Å². The van der Waals surface area contributed by atoms with E-state index in [1.165, 1.54) is 34.9 Å². The second kappa shape index (κ2) is 7.69. The van der Waals surface area contributed by atoms with E-state index in [-0.39, 0.29) is 12.1 Å². The molecule has 0 aliphatic rings. The number of benzene rings is 1. The van der Waals surface area contributed by atoms with Crippen LogP contribution in [0.2, 0.25) is 0 Å². The highest BCUT2D eigenvalue weighted by Gasteiger charge is 2.44. The highest BCUT2D eigenvalue weighted by molar-refractivity contribution is 7.97. The van der Waals surface area contributed by atoms with Crippen LogP contribution >= 0.6 is 11.9 Å². The molecule has 0 radical (unpaired) electrons. The molecule has 126 valence electrons. The Bertz CT molecular complexity index is 723. The van der Waals surface area contributed by atoms with Crippen molar-refractivity contribution < 1.29 is 13.2 Å². The van der Waals surface area contributed by atoms with Crippen molar-refractivity contribution in [3.8, 4) is 6.07 Å². The SMILES string of the molecule is CCN(Sc1cncc(C#N)c1)C(c1ccc(C)cc1)C(F)(F)F. The zero-order valence-electron chi connectivity index (χ0n) is 13.2. The molecule has 0 saturated carbocycles. The number of rotatable bonds is 5. The van der Waals surface area contributed by atoms with Crippen LogP contribution in [-0.4, -0.2) is 22.0 Å². The third-order valence-electron chi connectivity index (χ3n) is 3.37. The molecule has 3 nitrogen and oxygen atoms in total. The molecule has 0 aliphatic heterocycles. The van der Waals surface area contributed by atoms with Crippen LogP contribution in [0.4, 0.5) is 13.2 Å². The van der Waals surface area contributed by atoms with Crippen LogP contribution in [0.1, 0.15) is 29.7 Å². The molecule has 0 aliphatic carbocycles. The van der Waals surface area contributed by atoms with Gasteiger partial charge in [0.05, 0.1) is 5.56 Å². The second-order valence-electron chi connectivity index (χ2n) is 5.20. The minimum absolute atomic E-state index is 0.180. The number of alkyl halides is 3. The molecule has 0 spiro atoms. The first-order chi connectivity index (χ1) is 11.3. The summed E-state index contributed by atoms with van der Waals surface area (Å²) in [5.41, 5.74) is 1.41. The number of hydrogen-bond acceptors (Lipinski definition) is 4. The maximum absolute atomic E-state index is 13.7. The first-order valence-electron chi connectivity index (χ1n) is 7.28. The summed E-state index contributed by atoms with van der Waals surface area (Å²) in [5.74, 6) is 0. The van der Waals surface area contributed by atoms with E-state index in [2.05, 4.69) is 4.98 Å². The van der Waals surface area contributed by atoms with Crippen LogP contribution in [0.3, 0.4) is 0 Å². The van der Waals surface area contributed by atoms with Gasteiger partial charge < -0.3 is 0 Å². The van der Waals surface area contributed by atoms with Gasteiger partial charge >= 0.3 is 6.18 Å². The van der Waals surface area contributed by atoms with Gasteiger partial charge in [-0.05, 0) is 30.5 Å². The predicted molar refractivity (Wildman–Crippen MR) is 87.2 cm³/mol. The quantitative estimate of drug-likeness (QED) is 0.719. The molecule has 1 aromatic heterocycles. The smallest absolute Gasteiger partial charge is 0.262 e. The lowest BCUT2D eigenvalue weighted by atomic mass is 10.0. The van der Waals surface area contributed by atoms with Crippen LogP contribution in [0.15, 0.2) is 47.6 Å². The summed E-state index contributed by atoms with van der Waals surface area (Å²) in [4.78, 5) is 4.39. The standard InChI is InChI=1S/C17H16F3N3S/c1-3-23(24-15-8-13(9-21)10-22-11-15)16(17(18,19)20)14-6-4-12(2)5-7-14/h4-8,10-11,16H,3H2,1-2H3. The number of nitriles is 1. The third kappa shape index (κ3) is 4.49. The van der Waals surface area contributed by atoms with E-state index in [1.807, 2.05) is 13.0 Å². The highest BCUT2D eigenvalue weighted by atomic mass is 32.2. The van der Waals surface area contributed by atoms with Crippen LogP contribution in [0.25, 0.3) is 0 Å². The van der Waals surface area contributed by atoms with Crippen molar-refractivity contribution in [1.82, 2.24) is 9.29 Å². The molecular weight excluding hydrogens is 335 g/mol. The van der Waals surface area contributed by atoms with Crippen LogP contribution < -0.4 is 0 Å². The first kappa shape index (κ1) is 18.3. The summed E-state index contributed by atoms with van der Waals surface area (Å²) >= 11 is 0.952. The van der Waals surface area contributed by atoms with Gasteiger partial charge in [-0.25, -0.2) is 4.31 Å². The summed E-state index contributed by atoms with van der Waals surface area (Å²) in [7, 11) is 0. The summed E-state index contributed by atoms with van der Waals surface area (Å²) < 4.78 is 42.3. The molecule has 2 rings (SSSR count). The monoisotopic (exact) mass is 351 g/mol. The van der Waals surface area contributed by atoms with E-state index in [9.17, 15) is 13.2 Å². The van der Waals surface area contributed by atoms with Gasteiger partial charge in [0.2, 0.25) is 0 Å². The predicted octanol–water partition coefficient (Wildman–Crippen LogP) is 4.89. The summed E-state index contributed by atoms with van der Waals surface area (Å²) in [6, 6.07) is 8.08. The van der Waals surface area contributed by atoms with Gasteiger partial charge in [0.1, 0.15) is 12.1 Å². The Kier molecular flexibility index (Phi) is 5.86. The molecule has 24 heavy (non-hydrogen) atoms. The zero-order chi connectivity index (χ0) is 17.7. The van der Waals surface area contributed by atoms with E-state index in [0.717, 1.165) is 17.5 Å². The van der Waals surface area contributed by atoms with E-state index in [1.54, 1.807) is 19.1 Å². The van der Waals surface area contributed by atoms with Gasteiger partial charge in [0.15, 0.2) is 0 Å². The van der Waals surface area contributed by atoms with Gasteiger partial charge in [-0.1, -0.05) is 36.8 Å². The van der Waals surface area contributed by atoms with E-state index < -0.39 is 12.2 Å². The van der Waals surface area contributed by atoms with Gasteiger partial charge in [0, 0.05) is 23.8 Å². The number of hydrogen-bond donors (Lipinski definition) is 0. The second-order valence-corrected chi connectivity index (χ2v) is 6.32. The van der Waals surface area contributed by atoms with Crippen molar-refractivity contribution in [3.05, 3.63) is 59.4 Å². The molecule has 0 fully saturated rings. The summed E-state index contributed by atoms with van der Waals surface area (Å²) in [6.45, 7) is 3.68. The van der Waals surface area contributed by atoms with Gasteiger partial charge in [0.25, 0.3) is 0 Å². The Hall–Kier alpha value is -2.04. The molecule has 1 atom stereocenters. The Balaban J connectivity index is 2.35. The lowest BCUT2D eigenvalue weighted by molar-refractivity contribution is -0.172. The first-order valence-corrected chi connectivity index (χ1v) is 8.05. The van der Waals surface area contributed by atoms with Crippen LogP contribution in [-0.2, 0) is 0 Å². The third-order valence-corrected chi connectivity index (χ3v) is 4.51.